The highest BCUT2D eigenvalue weighted by Gasteiger charge is 2.45. The van der Waals surface area contributed by atoms with E-state index in [1.807, 2.05) is 30.3 Å². The molecule has 0 aliphatic carbocycles. The van der Waals surface area contributed by atoms with Crippen LogP contribution in [0.2, 0.25) is 0 Å². The first-order valence-corrected chi connectivity index (χ1v) is 11.4. The average molecular weight is 449 g/mol. The van der Waals surface area contributed by atoms with Crippen LogP contribution in [-0.4, -0.2) is 59.4 Å². The van der Waals surface area contributed by atoms with Gasteiger partial charge in [0.05, 0.1) is 11.6 Å². The Hall–Kier alpha value is -3.38. The second-order valence-corrected chi connectivity index (χ2v) is 7.91. The first-order chi connectivity index (χ1) is 16.0. The first-order valence-electron chi connectivity index (χ1n) is 11.4. The van der Waals surface area contributed by atoms with Crippen molar-refractivity contribution in [3.63, 3.8) is 0 Å². The zero-order valence-corrected chi connectivity index (χ0v) is 19.4. The Labute approximate surface area is 195 Å². The van der Waals surface area contributed by atoms with Gasteiger partial charge in [0.25, 0.3) is 11.7 Å². The van der Waals surface area contributed by atoms with Crippen LogP contribution in [0.1, 0.15) is 37.4 Å². The number of aliphatic hydroxyl groups is 1. The number of carbonyl (C=O) groups excluding carboxylic acids is 2. The molecular weight excluding hydrogens is 416 g/mol. The molecule has 0 aromatic heterocycles. The van der Waals surface area contributed by atoms with Crippen molar-refractivity contribution in [3.05, 3.63) is 84.0 Å². The number of hydrogen-bond donors (Lipinski definition) is 1. The number of Topliss-reactive ketones (excluding diaryl/α,β-unsaturated/α-hetero) is 1. The standard InChI is InChI=1S/C27H32N2O4/c1-4-18-33-22-15-10-14-21(19-22)24-23(25(30)20-12-8-7-9-13-20)26(31)27(32)29(24)17-11-16-28(5-2)6-3/h4,7-10,12-15,19,24,30H,1,5-6,11,16-18H2,2-3H3/b25-23-. The lowest BCUT2D eigenvalue weighted by atomic mass is 9.95. The normalized spacial score (nSPS) is 17.5. The fourth-order valence-corrected chi connectivity index (χ4v) is 4.14. The summed E-state index contributed by atoms with van der Waals surface area (Å²) in [6, 6.07) is 15.5. The Morgan fingerprint density at radius 2 is 1.85 bits per heavy atom. The van der Waals surface area contributed by atoms with Crippen LogP contribution in [0.5, 0.6) is 5.75 Å². The summed E-state index contributed by atoms with van der Waals surface area (Å²) in [4.78, 5) is 30.0. The number of carbonyl (C=O) groups is 2. The Bertz CT molecular complexity index is 1010. The van der Waals surface area contributed by atoms with Crippen LogP contribution in [0.15, 0.2) is 72.8 Å². The summed E-state index contributed by atoms with van der Waals surface area (Å²) in [5.74, 6) is -0.806. The summed E-state index contributed by atoms with van der Waals surface area (Å²) >= 11 is 0. The van der Waals surface area contributed by atoms with Gasteiger partial charge in [-0.2, -0.15) is 0 Å². The van der Waals surface area contributed by atoms with Crippen LogP contribution >= 0.6 is 0 Å². The van der Waals surface area contributed by atoms with E-state index in [0.717, 1.165) is 31.6 Å². The number of benzene rings is 2. The Balaban J connectivity index is 2.02. The molecule has 6 heteroatoms. The van der Waals surface area contributed by atoms with Gasteiger partial charge in [-0.25, -0.2) is 0 Å². The molecule has 0 bridgehead atoms. The van der Waals surface area contributed by atoms with Crippen molar-refractivity contribution < 1.29 is 19.4 Å². The van der Waals surface area contributed by atoms with Crippen LogP contribution in [0.4, 0.5) is 0 Å². The van der Waals surface area contributed by atoms with Crippen LogP contribution in [0.25, 0.3) is 5.76 Å². The smallest absolute Gasteiger partial charge is 0.295 e. The highest BCUT2D eigenvalue weighted by atomic mass is 16.5. The average Bonchev–Trinajstić information content (AvgIpc) is 3.10. The van der Waals surface area contributed by atoms with Crippen molar-refractivity contribution in [2.24, 2.45) is 0 Å². The minimum Gasteiger partial charge on any atom is -0.507 e. The third kappa shape index (κ3) is 5.52. The van der Waals surface area contributed by atoms with Gasteiger partial charge in [-0.3, -0.25) is 9.59 Å². The maximum absolute atomic E-state index is 13.1. The molecule has 1 heterocycles. The SMILES string of the molecule is C=CCOc1cccc(C2/C(=C(/O)c3ccccc3)C(=O)C(=O)N2CCCN(CC)CC)c1. The second-order valence-electron chi connectivity index (χ2n) is 7.91. The Kier molecular flexibility index (Phi) is 8.44. The molecule has 1 fully saturated rings. The third-order valence-corrected chi connectivity index (χ3v) is 5.90. The monoisotopic (exact) mass is 448 g/mol. The van der Waals surface area contributed by atoms with Crippen molar-refractivity contribution in [1.82, 2.24) is 9.80 Å². The quantitative estimate of drug-likeness (QED) is 0.239. The molecule has 6 nitrogen and oxygen atoms in total. The molecule has 0 radical (unpaired) electrons. The number of amides is 1. The van der Waals surface area contributed by atoms with Gasteiger partial charge < -0.3 is 19.6 Å². The second kappa shape index (κ2) is 11.5. The summed E-state index contributed by atoms with van der Waals surface area (Å²) < 4.78 is 5.67. The zero-order chi connectivity index (χ0) is 23.8. The maximum atomic E-state index is 13.1. The molecule has 1 aliphatic rings. The fraction of sp³-hybridized carbons (Fsp3) is 0.333. The van der Waals surface area contributed by atoms with E-state index in [0.29, 0.717) is 24.5 Å². The van der Waals surface area contributed by atoms with E-state index in [9.17, 15) is 14.7 Å². The summed E-state index contributed by atoms with van der Waals surface area (Å²) in [6.07, 6.45) is 2.38. The number of rotatable bonds is 11. The van der Waals surface area contributed by atoms with E-state index in [-0.39, 0.29) is 11.3 Å². The number of ketones is 1. The lowest BCUT2D eigenvalue weighted by Crippen LogP contribution is -2.33. The predicted molar refractivity (Wildman–Crippen MR) is 130 cm³/mol. The summed E-state index contributed by atoms with van der Waals surface area (Å²) in [7, 11) is 0. The number of ether oxygens (including phenoxy) is 1. The fourth-order valence-electron chi connectivity index (χ4n) is 4.14. The van der Waals surface area contributed by atoms with Crippen LogP contribution in [0, 0.1) is 0 Å². The zero-order valence-electron chi connectivity index (χ0n) is 19.4. The third-order valence-electron chi connectivity index (χ3n) is 5.90. The minimum absolute atomic E-state index is 0.106. The molecule has 1 N–H and O–H groups in total. The molecule has 2 aromatic carbocycles. The van der Waals surface area contributed by atoms with E-state index < -0.39 is 17.7 Å². The highest BCUT2D eigenvalue weighted by molar-refractivity contribution is 6.46. The minimum atomic E-state index is -0.686. The van der Waals surface area contributed by atoms with Gasteiger partial charge >= 0.3 is 0 Å². The molecule has 1 atom stereocenters. The number of nitrogens with zero attached hydrogens (tertiary/aromatic N) is 2. The molecule has 0 saturated carbocycles. The van der Waals surface area contributed by atoms with Crippen molar-refractivity contribution in [2.75, 3.05) is 32.8 Å². The molecule has 1 aliphatic heterocycles. The van der Waals surface area contributed by atoms with Gasteiger partial charge in [0, 0.05) is 12.1 Å². The van der Waals surface area contributed by atoms with Crippen LogP contribution in [-0.2, 0) is 9.59 Å². The number of aliphatic hydroxyl groups excluding tert-OH is 1. The van der Waals surface area contributed by atoms with E-state index in [1.54, 1.807) is 35.2 Å². The van der Waals surface area contributed by atoms with Crippen LogP contribution in [0.3, 0.4) is 0 Å². The first kappa shape index (κ1) is 24.3. The largest absolute Gasteiger partial charge is 0.507 e. The molecule has 1 amide bonds. The topological polar surface area (TPSA) is 70.1 Å². The highest BCUT2D eigenvalue weighted by Crippen LogP contribution is 2.40. The molecule has 2 aromatic rings. The number of likely N-dealkylation sites (tertiary alicyclic amines) is 1. The lowest BCUT2D eigenvalue weighted by molar-refractivity contribution is -0.140. The van der Waals surface area contributed by atoms with E-state index in [1.165, 1.54) is 0 Å². The Morgan fingerprint density at radius 3 is 2.52 bits per heavy atom. The molecular formula is C27H32N2O4. The van der Waals surface area contributed by atoms with Crippen molar-refractivity contribution in [2.45, 2.75) is 26.3 Å². The predicted octanol–water partition coefficient (Wildman–Crippen LogP) is 4.41. The van der Waals surface area contributed by atoms with Gasteiger partial charge in [0.2, 0.25) is 0 Å². The van der Waals surface area contributed by atoms with Gasteiger partial charge in [0.1, 0.15) is 18.1 Å². The van der Waals surface area contributed by atoms with Crippen LogP contribution < -0.4 is 4.74 Å². The van der Waals surface area contributed by atoms with Gasteiger partial charge in [-0.05, 0) is 43.8 Å². The molecule has 3 rings (SSSR count). The molecule has 1 unspecified atom stereocenters. The molecule has 1 saturated heterocycles. The van der Waals surface area contributed by atoms with Gasteiger partial charge in [-0.15, -0.1) is 0 Å². The van der Waals surface area contributed by atoms with Gasteiger partial charge in [0.15, 0.2) is 0 Å². The summed E-state index contributed by atoms with van der Waals surface area (Å²) in [5.41, 5.74) is 1.33. The summed E-state index contributed by atoms with van der Waals surface area (Å²) in [6.45, 7) is 11.3. The van der Waals surface area contributed by atoms with E-state index in [4.69, 9.17) is 4.74 Å². The Morgan fingerprint density at radius 1 is 1.12 bits per heavy atom. The molecule has 174 valence electrons. The van der Waals surface area contributed by atoms with Crippen molar-refractivity contribution in [1.29, 1.82) is 0 Å². The molecule has 33 heavy (non-hydrogen) atoms. The summed E-state index contributed by atoms with van der Waals surface area (Å²) in [5, 5.41) is 11.1. The van der Waals surface area contributed by atoms with E-state index in [2.05, 4.69) is 25.3 Å². The van der Waals surface area contributed by atoms with Gasteiger partial charge in [-0.1, -0.05) is 69.0 Å². The lowest BCUT2D eigenvalue weighted by Gasteiger charge is -2.27. The molecule has 0 spiro atoms. The van der Waals surface area contributed by atoms with Crippen molar-refractivity contribution >= 4 is 17.4 Å². The van der Waals surface area contributed by atoms with E-state index >= 15 is 0 Å². The number of hydrogen-bond acceptors (Lipinski definition) is 5. The van der Waals surface area contributed by atoms with Crippen molar-refractivity contribution in [3.8, 4) is 5.75 Å². The maximum Gasteiger partial charge on any atom is 0.295 e.